The van der Waals surface area contributed by atoms with Crippen molar-refractivity contribution in [3.05, 3.63) is 35.4 Å². The van der Waals surface area contributed by atoms with Crippen molar-refractivity contribution in [2.75, 3.05) is 5.75 Å². The third kappa shape index (κ3) is 5.08. The van der Waals surface area contributed by atoms with E-state index in [0.717, 1.165) is 11.3 Å². The zero-order valence-electron chi connectivity index (χ0n) is 10.5. The molecule has 0 atom stereocenters. The van der Waals surface area contributed by atoms with Crippen LogP contribution >= 0.6 is 11.8 Å². The van der Waals surface area contributed by atoms with Crippen molar-refractivity contribution >= 4 is 17.8 Å². The Bertz CT molecular complexity index is 476. The second kappa shape index (κ2) is 8.39. The van der Waals surface area contributed by atoms with Gasteiger partial charge in [0.25, 0.3) is 0 Å². The highest BCUT2D eigenvalue weighted by molar-refractivity contribution is 7.99. The van der Waals surface area contributed by atoms with E-state index in [1.54, 1.807) is 6.08 Å². The van der Waals surface area contributed by atoms with Crippen LogP contribution in [0.3, 0.4) is 0 Å². The number of thioether (sulfide) groups is 1. The van der Waals surface area contributed by atoms with Crippen LogP contribution in [0.1, 0.15) is 31.7 Å². The summed E-state index contributed by atoms with van der Waals surface area (Å²) < 4.78 is 0. The minimum absolute atomic E-state index is 0.142. The molecular weight excluding hydrogens is 240 g/mol. The number of allylic oxidation sites excluding steroid dienone is 1. The van der Waals surface area contributed by atoms with E-state index in [-0.39, 0.29) is 5.57 Å². The van der Waals surface area contributed by atoms with E-state index in [2.05, 4.69) is 13.0 Å². The Hall–Kier alpha value is -1.71. The summed E-state index contributed by atoms with van der Waals surface area (Å²) in [5, 5.41) is 17.4. The van der Waals surface area contributed by atoms with Crippen molar-refractivity contribution in [3.8, 4) is 12.1 Å². The molecule has 0 fully saturated rings. The van der Waals surface area contributed by atoms with E-state index in [1.165, 1.54) is 24.2 Å². The average Bonchev–Trinajstić information content (AvgIpc) is 2.41. The fourth-order valence-corrected chi connectivity index (χ4v) is 2.47. The largest absolute Gasteiger partial charge is 0.192 e. The summed E-state index contributed by atoms with van der Waals surface area (Å²) in [6.07, 6.45) is 5.34. The van der Waals surface area contributed by atoms with Crippen LogP contribution in [0.25, 0.3) is 6.08 Å². The lowest BCUT2D eigenvalue weighted by Gasteiger charge is -2.02. The van der Waals surface area contributed by atoms with Gasteiger partial charge in [0.05, 0.1) is 0 Å². The van der Waals surface area contributed by atoms with E-state index < -0.39 is 0 Å². The van der Waals surface area contributed by atoms with Gasteiger partial charge in [-0.15, -0.1) is 11.8 Å². The number of nitriles is 2. The first-order valence-electron chi connectivity index (χ1n) is 6.05. The highest BCUT2D eigenvalue weighted by atomic mass is 32.2. The van der Waals surface area contributed by atoms with Gasteiger partial charge in [-0.25, -0.2) is 0 Å². The molecule has 0 unspecified atom stereocenters. The number of unbranched alkanes of at least 4 members (excludes halogenated alkanes) is 2. The van der Waals surface area contributed by atoms with Gasteiger partial charge in [0, 0.05) is 4.90 Å². The lowest BCUT2D eigenvalue weighted by Crippen LogP contribution is -1.82. The lowest BCUT2D eigenvalue weighted by molar-refractivity contribution is 0.778. The van der Waals surface area contributed by atoms with Gasteiger partial charge < -0.3 is 0 Å². The molecule has 0 aliphatic rings. The SMILES string of the molecule is CCCCCSc1cccc(C=C(C#N)C#N)c1. The van der Waals surface area contributed by atoms with Gasteiger partial charge in [-0.2, -0.15) is 10.5 Å². The van der Waals surface area contributed by atoms with Crippen LogP contribution in [0, 0.1) is 22.7 Å². The summed E-state index contributed by atoms with van der Waals surface area (Å²) in [7, 11) is 0. The fourth-order valence-electron chi connectivity index (χ4n) is 1.49. The standard InChI is InChI=1S/C15H16N2S/c1-2-3-4-8-18-15-7-5-6-13(10-15)9-14(11-16)12-17/h5-7,9-10H,2-4,8H2,1H3. The summed E-state index contributed by atoms with van der Waals surface area (Å²) in [6, 6.07) is 11.7. The van der Waals surface area contributed by atoms with Crippen LogP contribution in [-0.2, 0) is 0 Å². The zero-order valence-corrected chi connectivity index (χ0v) is 11.3. The first-order chi connectivity index (χ1) is 8.80. The summed E-state index contributed by atoms with van der Waals surface area (Å²) in [4.78, 5) is 1.19. The zero-order chi connectivity index (χ0) is 13.2. The molecule has 0 saturated carbocycles. The van der Waals surface area contributed by atoms with E-state index >= 15 is 0 Å². The van der Waals surface area contributed by atoms with E-state index in [4.69, 9.17) is 10.5 Å². The van der Waals surface area contributed by atoms with Crippen LogP contribution in [0.2, 0.25) is 0 Å². The van der Waals surface area contributed by atoms with Gasteiger partial charge in [-0.05, 0) is 35.9 Å². The molecule has 0 radical (unpaired) electrons. The Balaban J connectivity index is 2.66. The Kier molecular flexibility index (Phi) is 6.69. The van der Waals surface area contributed by atoms with Crippen molar-refractivity contribution in [2.45, 2.75) is 31.1 Å². The van der Waals surface area contributed by atoms with E-state index in [9.17, 15) is 0 Å². The Labute approximate surface area is 113 Å². The molecule has 0 aliphatic carbocycles. The van der Waals surface area contributed by atoms with Gasteiger partial charge in [-0.1, -0.05) is 31.9 Å². The normalized spacial score (nSPS) is 9.28. The second-order valence-electron chi connectivity index (χ2n) is 3.91. The molecule has 1 aromatic carbocycles. The topological polar surface area (TPSA) is 47.6 Å². The fraction of sp³-hybridized carbons (Fsp3) is 0.333. The molecule has 0 heterocycles. The predicted octanol–water partition coefficient (Wildman–Crippen LogP) is 4.40. The van der Waals surface area contributed by atoms with Crippen LogP contribution in [0.4, 0.5) is 0 Å². The van der Waals surface area contributed by atoms with Crippen LogP contribution < -0.4 is 0 Å². The average molecular weight is 256 g/mol. The lowest BCUT2D eigenvalue weighted by atomic mass is 10.1. The number of rotatable bonds is 6. The van der Waals surface area contributed by atoms with Crippen molar-refractivity contribution in [2.24, 2.45) is 0 Å². The van der Waals surface area contributed by atoms with Crippen molar-refractivity contribution in [1.29, 1.82) is 10.5 Å². The molecule has 0 amide bonds. The molecule has 92 valence electrons. The van der Waals surface area contributed by atoms with Crippen LogP contribution in [-0.4, -0.2) is 5.75 Å². The van der Waals surface area contributed by atoms with Crippen molar-refractivity contribution in [3.63, 3.8) is 0 Å². The molecule has 0 saturated heterocycles. The van der Waals surface area contributed by atoms with Gasteiger partial charge >= 0.3 is 0 Å². The van der Waals surface area contributed by atoms with Crippen LogP contribution in [0.5, 0.6) is 0 Å². The molecule has 0 bridgehead atoms. The molecule has 18 heavy (non-hydrogen) atoms. The first kappa shape index (κ1) is 14.4. The molecule has 0 aliphatic heterocycles. The molecule has 0 aromatic heterocycles. The number of hydrogen-bond donors (Lipinski definition) is 0. The summed E-state index contributed by atoms with van der Waals surface area (Å²) in [6.45, 7) is 2.20. The van der Waals surface area contributed by atoms with Gasteiger partial charge in [0.2, 0.25) is 0 Å². The maximum absolute atomic E-state index is 8.71. The number of benzene rings is 1. The molecule has 0 spiro atoms. The molecular formula is C15H16N2S. The minimum Gasteiger partial charge on any atom is -0.192 e. The second-order valence-corrected chi connectivity index (χ2v) is 5.08. The van der Waals surface area contributed by atoms with E-state index in [1.807, 2.05) is 42.1 Å². The summed E-state index contributed by atoms with van der Waals surface area (Å²) in [5.41, 5.74) is 1.05. The molecule has 0 N–H and O–H groups in total. The highest BCUT2D eigenvalue weighted by Crippen LogP contribution is 2.21. The van der Waals surface area contributed by atoms with Crippen LogP contribution in [0.15, 0.2) is 34.7 Å². The Morgan fingerprint density at radius 2 is 2.06 bits per heavy atom. The van der Waals surface area contributed by atoms with Crippen molar-refractivity contribution < 1.29 is 0 Å². The number of nitrogens with zero attached hydrogens (tertiary/aromatic N) is 2. The molecule has 1 rings (SSSR count). The van der Waals surface area contributed by atoms with Crippen molar-refractivity contribution in [1.82, 2.24) is 0 Å². The predicted molar refractivity (Wildman–Crippen MR) is 75.9 cm³/mol. The van der Waals surface area contributed by atoms with Gasteiger partial charge in [0.1, 0.15) is 17.7 Å². The summed E-state index contributed by atoms with van der Waals surface area (Å²) in [5.74, 6) is 1.12. The Morgan fingerprint density at radius 3 is 2.72 bits per heavy atom. The van der Waals surface area contributed by atoms with Gasteiger partial charge in [0.15, 0.2) is 0 Å². The third-order valence-corrected chi connectivity index (χ3v) is 3.51. The molecule has 2 nitrogen and oxygen atoms in total. The maximum atomic E-state index is 8.71. The van der Waals surface area contributed by atoms with E-state index in [0.29, 0.717) is 0 Å². The first-order valence-corrected chi connectivity index (χ1v) is 7.03. The summed E-state index contributed by atoms with van der Waals surface area (Å²) >= 11 is 1.82. The van der Waals surface area contributed by atoms with Gasteiger partial charge in [-0.3, -0.25) is 0 Å². The maximum Gasteiger partial charge on any atom is 0.130 e. The smallest absolute Gasteiger partial charge is 0.130 e. The minimum atomic E-state index is 0.142. The Morgan fingerprint density at radius 1 is 1.28 bits per heavy atom. The molecule has 3 heteroatoms. The molecule has 1 aromatic rings. The number of hydrogen-bond acceptors (Lipinski definition) is 3. The third-order valence-electron chi connectivity index (χ3n) is 2.43. The highest BCUT2D eigenvalue weighted by Gasteiger charge is 1.97. The monoisotopic (exact) mass is 256 g/mol. The quantitative estimate of drug-likeness (QED) is 0.430.